The normalized spacial score (nSPS) is 10.2. The molecule has 0 radical (unpaired) electrons. The summed E-state index contributed by atoms with van der Waals surface area (Å²) in [5.74, 6) is 0.215. The second-order valence-electron chi connectivity index (χ2n) is 1.63. The summed E-state index contributed by atoms with van der Waals surface area (Å²) in [6, 6.07) is 0. The molecule has 1 nitrogen and oxygen atoms in total. The minimum atomic E-state index is 0.215. The molecule has 8 heavy (non-hydrogen) atoms. The van der Waals surface area contributed by atoms with Crippen molar-refractivity contribution < 1.29 is 4.79 Å². The molecule has 0 spiro atoms. The third-order valence-corrected chi connectivity index (χ3v) is 0.888. The number of carbonyl (C=O) groups is 1. The summed E-state index contributed by atoms with van der Waals surface area (Å²) in [6.07, 6.45) is 5.09. The SMILES string of the molecule is CC/C=C\C(=O)CC. The minimum Gasteiger partial charge on any atom is -0.295 e. The van der Waals surface area contributed by atoms with Crippen LogP contribution in [0.3, 0.4) is 0 Å². The van der Waals surface area contributed by atoms with Gasteiger partial charge < -0.3 is 0 Å². The van der Waals surface area contributed by atoms with E-state index >= 15 is 0 Å². The first-order valence-electron chi connectivity index (χ1n) is 3.00. The lowest BCUT2D eigenvalue weighted by Gasteiger charge is -1.80. The molecular formula is C7H12O. The van der Waals surface area contributed by atoms with Crippen molar-refractivity contribution in [3.63, 3.8) is 0 Å². The van der Waals surface area contributed by atoms with Crippen molar-refractivity contribution in [2.75, 3.05) is 0 Å². The molecule has 0 saturated heterocycles. The van der Waals surface area contributed by atoms with E-state index in [1.165, 1.54) is 0 Å². The van der Waals surface area contributed by atoms with Gasteiger partial charge >= 0.3 is 0 Å². The Morgan fingerprint density at radius 2 is 2.12 bits per heavy atom. The summed E-state index contributed by atoms with van der Waals surface area (Å²) >= 11 is 0. The Morgan fingerprint density at radius 3 is 2.50 bits per heavy atom. The highest BCUT2D eigenvalue weighted by Crippen LogP contribution is 1.84. The lowest BCUT2D eigenvalue weighted by atomic mass is 10.3. The van der Waals surface area contributed by atoms with Crippen LogP contribution in [0.1, 0.15) is 26.7 Å². The third kappa shape index (κ3) is 3.59. The Hall–Kier alpha value is -0.590. The Morgan fingerprint density at radius 1 is 1.50 bits per heavy atom. The summed E-state index contributed by atoms with van der Waals surface area (Å²) in [7, 11) is 0. The van der Waals surface area contributed by atoms with Crippen LogP contribution in [0.4, 0.5) is 0 Å². The molecule has 0 N–H and O–H groups in total. The first-order chi connectivity index (χ1) is 3.81. The van der Waals surface area contributed by atoms with Gasteiger partial charge in [0.1, 0.15) is 0 Å². The van der Waals surface area contributed by atoms with E-state index in [9.17, 15) is 4.79 Å². The lowest BCUT2D eigenvalue weighted by Crippen LogP contribution is -1.85. The topological polar surface area (TPSA) is 17.1 Å². The van der Waals surface area contributed by atoms with E-state index in [0.717, 1.165) is 6.42 Å². The molecule has 0 bridgehead atoms. The van der Waals surface area contributed by atoms with Gasteiger partial charge in [-0.2, -0.15) is 0 Å². The molecule has 0 aliphatic heterocycles. The van der Waals surface area contributed by atoms with Crippen LogP contribution < -0.4 is 0 Å². The molecule has 46 valence electrons. The lowest BCUT2D eigenvalue weighted by molar-refractivity contribution is -0.114. The number of hydrogen-bond acceptors (Lipinski definition) is 1. The van der Waals surface area contributed by atoms with Gasteiger partial charge in [0.25, 0.3) is 0 Å². The maximum atomic E-state index is 10.5. The number of allylic oxidation sites excluding steroid dienone is 2. The summed E-state index contributed by atoms with van der Waals surface area (Å²) in [6.45, 7) is 3.88. The van der Waals surface area contributed by atoms with Crippen molar-refractivity contribution in [3.05, 3.63) is 12.2 Å². The van der Waals surface area contributed by atoms with Gasteiger partial charge in [0.2, 0.25) is 0 Å². The molecule has 0 aliphatic carbocycles. The van der Waals surface area contributed by atoms with Crippen LogP contribution in [0.15, 0.2) is 12.2 Å². The molecule has 0 saturated carbocycles. The largest absolute Gasteiger partial charge is 0.295 e. The van der Waals surface area contributed by atoms with Crippen LogP contribution in [0.5, 0.6) is 0 Å². The van der Waals surface area contributed by atoms with Crippen molar-refractivity contribution in [1.82, 2.24) is 0 Å². The third-order valence-electron chi connectivity index (χ3n) is 0.888. The fraction of sp³-hybridized carbons (Fsp3) is 0.571. The Kier molecular flexibility index (Phi) is 4.23. The zero-order chi connectivity index (χ0) is 6.41. The number of hydrogen-bond donors (Lipinski definition) is 0. The molecule has 0 unspecified atom stereocenters. The van der Waals surface area contributed by atoms with E-state index in [1.54, 1.807) is 6.08 Å². The number of rotatable bonds is 3. The number of carbonyl (C=O) groups excluding carboxylic acids is 1. The quantitative estimate of drug-likeness (QED) is 0.510. The van der Waals surface area contributed by atoms with E-state index < -0.39 is 0 Å². The molecular weight excluding hydrogens is 100 g/mol. The van der Waals surface area contributed by atoms with Crippen molar-refractivity contribution >= 4 is 5.78 Å². The highest BCUT2D eigenvalue weighted by atomic mass is 16.1. The van der Waals surface area contributed by atoms with Crippen LogP contribution in [0.25, 0.3) is 0 Å². The van der Waals surface area contributed by atoms with Gasteiger partial charge in [-0.25, -0.2) is 0 Å². The predicted octanol–water partition coefficient (Wildman–Crippen LogP) is 1.93. The molecule has 0 fully saturated rings. The Bertz CT molecular complexity index is 92.6. The Labute approximate surface area is 50.4 Å². The number of ketones is 1. The molecule has 0 aromatic heterocycles. The molecule has 0 heterocycles. The summed E-state index contributed by atoms with van der Waals surface area (Å²) < 4.78 is 0. The van der Waals surface area contributed by atoms with E-state index in [-0.39, 0.29) is 5.78 Å². The van der Waals surface area contributed by atoms with E-state index in [4.69, 9.17) is 0 Å². The summed E-state index contributed by atoms with van der Waals surface area (Å²) in [5.41, 5.74) is 0. The van der Waals surface area contributed by atoms with Crippen LogP contribution in [-0.4, -0.2) is 5.78 Å². The standard InChI is InChI=1S/C7H12O/c1-3-5-6-7(8)4-2/h5-6H,3-4H2,1-2H3/b6-5-. The van der Waals surface area contributed by atoms with Gasteiger partial charge in [0.15, 0.2) is 5.78 Å². The molecule has 0 aromatic carbocycles. The van der Waals surface area contributed by atoms with Gasteiger partial charge in [0, 0.05) is 6.42 Å². The highest BCUT2D eigenvalue weighted by Gasteiger charge is 1.85. The first kappa shape index (κ1) is 7.41. The first-order valence-corrected chi connectivity index (χ1v) is 3.00. The van der Waals surface area contributed by atoms with Crippen molar-refractivity contribution in [2.24, 2.45) is 0 Å². The van der Waals surface area contributed by atoms with Gasteiger partial charge in [-0.15, -0.1) is 0 Å². The van der Waals surface area contributed by atoms with Crippen LogP contribution in [-0.2, 0) is 4.79 Å². The van der Waals surface area contributed by atoms with Crippen molar-refractivity contribution in [2.45, 2.75) is 26.7 Å². The summed E-state index contributed by atoms with van der Waals surface area (Å²) in [4.78, 5) is 10.5. The smallest absolute Gasteiger partial charge is 0.155 e. The van der Waals surface area contributed by atoms with Crippen molar-refractivity contribution in [1.29, 1.82) is 0 Å². The predicted molar refractivity (Wildman–Crippen MR) is 34.7 cm³/mol. The van der Waals surface area contributed by atoms with E-state index in [1.807, 2.05) is 19.9 Å². The molecule has 0 rings (SSSR count). The van der Waals surface area contributed by atoms with E-state index in [0.29, 0.717) is 6.42 Å². The molecule has 0 amide bonds. The minimum absolute atomic E-state index is 0.215. The Balaban J connectivity index is 3.37. The van der Waals surface area contributed by atoms with Gasteiger partial charge in [-0.05, 0) is 12.5 Å². The van der Waals surface area contributed by atoms with Crippen LogP contribution >= 0.6 is 0 Å². The van der Waals surface area contributed by atoms with Crippen molar-refractivity contribution in [3.8, 4) is 0 Å². The van der Waals surface area contributed by atoms with Gasteiger partial charge in [-0.3, -0.25) is 4.79 Å². The van der Waals surface area contributed by atoms with Crippen LogP contribution in [0.2, 0.25) is 0 Å². The molecule has 0 aliphatic rings. The highest BCUT2D eigenvalue weighted by molar-refractivity contribution is 5.89. The zero-order valence-electron chi connectivity index (χ0n) is 5.48. The fourth-order valence-corrected chi connectivity index (χ4v) is 0.367. The maximum absolute atomic E-state index is 10.5. The average Bonchev–Trinajstić information content (AvgIpc) is 1.83. The fourth-order valence-electron chi connectivity index (χ4n) is 0.367. The second kappa shape index (κ2) is 4.57. The second-order valence-corrected chi connectivity index (χ2v) is 1.63. The van der Waals surface area contributed by atoms with Gasteiger partial charge in [-0.1, -0.05) is 19.9 Å². The summed E-state index contributed by atoms with van der Waals surface area (Å²) in [5, 5.41) is 0. The molecule has 0 aromatic rings. The van der Waals surface area contributed by atoms with Gasteiger partial charge in [0.05, 0.1) is 0 Å². The molecule has 1 heteroatoms. The maximum Gasteiger partial charge on any atom is 0.155 e. The monoisotopic (exact) mass is 112 g/mol. The average molecular weight is 112 g/mol. The van der Waals surface area contributed by atoms with Crippen LogP contribution in [0, 0.1) is 0 Å². The molecule has 0 atom stereocenters. The van der Waals surface area contributed by atoms with E-state index in [2.05, 4.69) is 0 Å². The zero-order valence-corrected chi connectivity index (χ0v) is 5.48.